The fourth-order valence-electron chi connectivity index (χ4n) is 3.16. The lowest BCUT2D eigenvalue weighted by Crippen LogP contribution is -2.52. The highest BCUT2D eigenvalue weighted by atomic mass is 32.2. The first-order valence-electron chi connectivity index (χ1n) is 10.2. The minimum Gasteiger partial charge on any atom is -0.352 e. The predicted molar refractivity (Wildman–Crippen MR) is 123 cm³/mol. The SMILES string of the molecule is Cc1cccc(N(CC(=O)N(Cc2ccccc2)[C@H](C)C(=O)NC(C)C)S(C)(=O)=O)c1. The van der Waals surface area contributed by atoms with Crippen LogP contribution in [0, 0.1) is 6.92 Å². The molecule has 0 unspecified atom stereocenters. The van der Waals surface area contributed by atoms with E-state index in [0.717, 1.165) is 21.7 Å². The second-order valence-corrected chi connectivity index (χ2v) is 9.86. The van der Waals surface area contributed by atoms with Crippen molar-refractivity contribution >= 4 is 27.5 Å². The minimum atomic E-state index is -3.72. The summed E-state index contributed by atoms with van der Waals surface area (Å²) in [5.41, 5.74) is 2.14. The highest BCUT2D eigenvalue weighted by Gasteiger charge is 2.30. The number of nitrogens with one attached hydrogen (secondary N) is 1. The van der Waals surface area contributed by atoms with E-state index in [1.54, 1.807) is 25.1 Å². The number of benzene rings is 2. The lowest BCUT2D eigenvalue weighted by molar-refractivity contribution is -0.139. The Morgan fingerprint density at radius 1 is 1.00 bits per heavy atom. The van der Waals surface area contributed by atoms with E-state index in [1.165, 1.54) is 4.90 Å². The second-order valence-electron chi connectivity index (χ2n) is 7.96. The Morgan fingerprint density at radius 3 is 2.19 bits per heavy atom. The van der Waals surface area contributed by atoms with Crippen LogP contribution < -0.4 is 9.62 Å². The van der Waals surface area contributed by atoms with Gasteiger partial charge in [0.05, 0.1) is 11.9 Å². The summed E-state index contributed by atoms with van der Waals surface area (Å²) in [5, 5.41) is 2.82. The van der Waals surface area contributed by atoms with Crippen LogP contribution in [0.3, 0.4) is 0 Å². The van der Waals surface area contributed by atoms with E-state index in [0.29, 0.717) is 5.69 Å². The molecule has 0 fully saturated rings. The molecule has 2 aromatic rings. The van der Waals surface area contributed by atoms with E-state index in [-0.39, 0.29) is 18.5 Å². The van der Waals surface area contributed by atoms with Gasteiger partial charge >= 0.3 is 0 Å². The Labute approximate surface area is 185 Å². The second kappa shape index (κ2) is 10.4. The summed E-state index contributed by atoms with van der Waals surface area (Å²) < 4.78 is 26.0. The fraction of sp³-hybridized carbons (Fsp3) is 0.391. The summed E-state index contributed by atoms with van der Waals surface area (Å²) in [4.78, 5) is 27.4. The summed E-state index contributed by atoms with van der Waals surface area (Å²) in [6, 6.07) is 15.4. The summed E-state index contributed by atoms with van der Waals surface area (Å²) in [7, 11) is -3.72. The summed E-state index contributed by atoms with van der Waals surface area (Å²) in [5.74, 6) is -0.747. The number of amides is 2. The van der Waals surface area contributed by atoms with Crippen molar-refractivity contribution in [1.29, 1.82) is 0 Å². The van der Waals surface area contributed by atoms with Gasteiger partial charge in [-0.3, -0.25) is 13.9 Å². The molecule has 0 spiro atoms. The van der Waals surface area contributed by atoms with Gasteiger partial charge in [0.2, 0.25) is 21.8 Å². The van der Waals surface area contributed by atoms with Gasteiger partial charge in [-0.1, -0.05) is 42.5 Å². The van der Waals surface area contributed by atoms with E-state index >= 15 is 0 Å². The first kappa shape index (κ1) is 24.4. The highest BCUT2D eigenvalue weighted by Crippen LogP contribution is 2.20. The zero-order chi connectivity index (χ0) is 23.2. The molecule has 0 saturated carbocycles. The largest absolute Gasteiger partial charge is 0.352 e. The van der Waals surface area contributed by atoms with Crippen LogP contribution in [-0.2, 0) is 26.2 Å². The molecule has 0 saturated heterocycles. The minimum absolute atomic E-state index is 0.0801. The molecule has 7 nitrogen and oxygen atoms in total. The summed E-state index contributed by atoms with van der Waals surface area (Å²) in [6.07, 6.45) is 1.07. The van der Waals surface area contributed by atoms with Crippen LogP contribution in [-0.4, -0.2) is 50.0 Å². The molecule has 2 aromatic carbocycles. The van der Waals surface area contributed by atoms with Gasteiger partial charge in [-0.15, -0.1) is 0 Å². The molecule has 1 N–H and O–H groups in total. The van der Waals surface area contributed by atoms with Crippen molar-refractivity contribution in [2.45, 2.75) is 46.3 Å². The quantitative estimate of drug-likeness (QED) is 0.643. The highest BCUT2D eigenvalue weighted by molar-refractivity contribution is 7.92. The van der Waals surface area contributed by atoms with Crippen LogP contribution in [0.5, 0.6) is 0 Å². The Bertz CT molecular complexity index is 1010. The molecule has 0 aliphatic heterocycles. The molecule has 2 amide bonds. The van der Waals surface area contributed by atoms with Gasteiger partial charge in [-0.05, 0) is 51.0 Å². The van der Waals surface area contributed by atoms with Crippen LogP contribution in [0.25, 0.3) is 0 Å². The van der Waals surface area contributed by atoms with E-state index in [1.807, 2.05) is 57.2 Å². The van der Waals surface area contributed by atoms with Crippen molar-refractivity contribution in [3.63, 3.8) is 0 Å². The number of sulfonamides is 1. The Kier molecular flexibility index (Phi) is 8.21. The van der Waals surface area contributed by atoms with Crippen molar-refractivity contribution in [1.82, 2.24) is 10.2 Å². The maximum absolute atomic E-state index is 13.3. The Hall–Kier alpha value is -2.87. The molecule has 0 aromatic heterocycles. The van der Waals surface area contributed by atoms with Crippen molar-refractivity contribution in [3.8, 4) is 0 Å². The molecule has 2 rings (SSSR count). The lowest BCUT2D eigenvalue weighted by Gasteiger charge is -2.32. The number of hydrogen-bond acceptors (Lipinski definition) is 4. The van der Waals surface area contributed by atoms with E-state index in [2.05, 4.69) is 5.32 Å². The summed E-state index contributed by atoms with van der Waals surface area (Å²) in [6.45, 7) is 6.99. The number of anilines is 1. The smallest absolute Gasteiger partial charge is 0.244 e. The maximum atomic E-state index is 13.3. The van der Waals surface area contributed by atoms with Gasteiger partial charge in [0.1, 0.15) is 12.6 Å². The van der Waals surface area contributed by atoms with Crippen molar-refractivity contribution in [2.75, 3.05) is 17.1 Å². The van der Waals surface area contributed by atoms with Gasteiger partial charge in [0, 0.05) is 12.6 Å². The molecular weight excluding hydrogens is 414 g/mol. The first-order valence-corrected chi connectivity index (χ1v) is 12.0. The average molecular weight is 446 g/mol. The van der Waals surface area contributed by atoms with E-state index in [4.69, 9.17) is 0 Å². The number of carbonyl (C=O) groups is 2. The molecule has 0 radical (unpaired) electrons. The number of nitrogens with zero attached hydrogens (tertiary/aromatic N) is 2. The molecule has 168 valence electrons. The Balaban J connectivity index is 2.36. The number of hydrogen-bond donors (Lipinski definition) is 1. The number of carbonyl (C=O) groups excluding carboxylic acids is 2. The number of rotatable bonds is 9. The van der Waals surface area contributed by atoms with Crippen molar-refractivity contribution < 1.29 is 18.0 Å². The van der Waals surface area contributed by atoms with Gasteiger partial charge in [0.15, 0.2) is 0 Å². The molecule has 0 bridgehead atoms. The van der Waals surface area contributed by atoms with Crippen LogP contribution in [0.2, 0.25) is 0 Å². The van der Waals surface area contributed by atoms with Crippen LogP contribution in [0.4, 0.5) is 5.69 Å². The predicted octanol–water partition coefficient (Wildman–Crippen LogP) is 2.70. The van der Waals surface area contributed by atoms with Crippen molar-refractivity contribution in [3.05, 3.63) is 65.7 Å². The molecule has 1 atom stereocenters. The molecule has 31 heavy (non-hydrogen) atoms. The lowest BCUT2D eigenvalue weighted by atomic mass is 10.1. The number of aryl methyl sites for hydroxylation is 1. The Morgan fingerprint density at radius 2 is 1.65 bits per heavy atom. The third-order valence-corrected chi connectivity index (χ3v) is 5.90. The average Bonchev–Trinajstić information content (AvgIpc) is 2.69. The standard InChI is InChI=1S/C23H31N3O4S/c1-17(2)24-23(28)19(4)25(15-20-11-7-6-8-12-20)22(27)16-26(31(5,29)30)21-13-9-10-18(3)14-21/h6-14,17,19H,15-16H2,1-5H3,(H,24,28)/t19-/m1/s1. The van der Waals surface area contributed by atoms with Crippen molar-refractivity contribution in [2.24, 2.45) is 0 Å². The summed E-state index contributed by atoms with van der Waals surface area (Å²) >= 11 is 0. The van der Waals surface area contributed by atoms with Gasteiger partial charge in [-0.25, -0.2) is 8.42 Å². The first-order chi connectivity index (χ1) is 14.5. The third kappa shape index (κ3) is 7.10. The van der Waals surface area contributed by atoms with E-state index in [9.17, 15) is 18.0 Å². The monoisotopic (exact) mass is 445 g/mol. The van der Waals surface area contributed by atoms with Gasteiger partial charge in [-0.2, -0.15) is 0 Å². The third-order valence-electron chi connectivity index (χ3n) is 4.76. The van der Waals surface area contributed by atoms with E-state index < -0.39 is 28.5 Å². The van der Waals surface area contributed by atoms with Gasteiger partial charge in [0.25, 0.3) is 0 Å². The molecular formula is C23H31N3O4S. The molecule has 8 heteroatoms. The molecule has 0 aliphatic rings. The van der Waals surface area contributed by atoms with Crippen LogP contribution in [0.15, 0.2) is 54.6 Å². The van der Waals surface area contributed by atoms with Crippen LogP contribution >= 0.6 is 0 Å². The maximum Gasteiger partial charge on any atom is 0.244 e. The molecule has 0 aliphatic carbocycles. The van der Waals surface area contributed by atoms with Crippen LogP contribution in [0.1, 0.15) is 31.9 Å². The zero-order valence-corrected chi connectivity index (χ0v) is 19.5. The fourth-order valence-corrected chi connectivity index (χ4v) is 4.01. The molecule has 0 heterocycles. The van der Waals surface area contributed by atoms with Gasteiger partial charge < -0.3 is 10.2 Å². The topological polar surface area (TPSA) is 86.8 Å². The normalized spacial score (nSPS) is 12.3. The zero-order valence-electron chi connectivity index (χ0n) is 18.7.